The maximum Gasteiger partial charge on any atom is 0.141 e. The Labute approximate surface area is 121 Å². The smallest absolute Gasteiger partial charge is 0.141 e. The van der Waals surface area contributed by atoms with E-state index in [1.54, 1.807) is 7.11 Å². The summed E-state index contributed by atoms with van der Waals surface area (Å²) >= 11 is 0. The lowest BCUT2D eigenvalue weighted by atomic mass is 9.99. The van der Waals surface area contributed by atoms with E-state index in [1.165, 1.54) is 22.3 Å². The molecule has 0 bridgehead atoms. The maximum absolute atomic E-state index is 5.43. The normalized spacial score (nSPS) is 12.1. The monoisotopic (exact) mass is 269 g/mol. The second-order valence-electron chi connectivity index (χ2n) is 5.43. The molecule has 0 fully saturated rings. The molecule has 0 saturated carbocycles. The van der Waals surface area contributed by atoms with Gasteiger partial charge < -0.3 is 10.1 Å². The van der Waals surface area contributed by atoms with Crippen molar-refractivity contribution in [2.24, 2.45) is 0 Å². The van der Waals surface area contributed by atoms with E-state index in [0.29, 0.717) is 0 Å². The van der Waals surface area contributed by atoms with Gasteiger partial charge >= 0.3 is 0 Å². The van der Waals surface area contributed by atoms with Crippen molar-refractivity contribution in [1.29, 1.82) is 0 Å². The molecular weight excluding hydrogens is 246 g/mol. The van der Waals surface area contributed by atoms with Crippen molar-refractivity contribution >= 4 is 5.69 Å². The Bertz CT molecular complexity index is 604. The van der Waals surface area contributed by atoms with Gasteiger partial charge in [0, 0.05) is 6.04 Å². The van der Waals surface area contributed by atoms with E-state index in [2.05, 4.69) is 63.3 Å². The Morgan fingerprint density at radius 2 is 1.60 bits per heavy atom. The number of rotatable bonds is 4. The average molecular weight is 269 g/mol. The maximum atomic E-state index is 5.43. The molecule has 2 heteroatoms. The predicted octanol–water partition coefficient (Wildman–Crippen LogP) is 4.79. The van der Waals surface area contributed by atoms with E-state index >= 15 is 0 Å². The zero-order chi connectivity index (χ0) is 14.7. The van der Waals surface area contributed by atoms with Crippen molar-refractivity contribution < 1.29 is 4.74 Å². The lowest BCUT2D eigenvalue weighted by molar-refractivity contribution is 0.416. The van der Waals surface area contributed by atoms with Crippen molar-refractivity contribution in [3.8, 4) is 5.75 Å². The Morgan fingerprint density at radius 3 is 2.30 bits per heavy atom. The molecule has 0 aliphatic carbocycles. The molecular formula is C18H23NO. The summed E-state index contributed by atoms with van der Waals surface area (Å²) < 4.78 is 5.43. The third-order valence-corrected chi connectivity index (χ3v) is 3.63. The summed E-state index contributed by atoms with van der Waals surface area (Å²) in [5.74, 6) is 0.882. The lowest BCUT2D eigenvalue weighted by Crippen LogP contribution is -2.09. The number of aryl methyl sites for hydroxylation is 3. The quantitative estimate of drug-likeness (QED) is 0.861. The highest BCUT2D eigenvalue weighted by Gasteiger charge is 2.11. The molecule has 2 rings (SSSR count). The third-order valence-electron chi connectivity index (χ3n) is 3.63. The fourth-order valence-corrected chi connectivity index (χ4v) is 2.47. The summed E-state index contributed by atoms with van der Waals surface area (Å²) in [6, 6.07) is 13.0. The summed E-state index contributed by atoms with van der Waals surface area (Å²) in [4.78, 5) is 0. The van der Waals surface area contributed by atoms with Crippen molar-refractivity contribution in [3.63, 3.8) is 0 Å². The first-order valence-electron chi connectivity index (χ1n) is 6.99. The highest BCUT2D eigenvalue weighted by Crippen LogP contribution is 2.30. The lowest BCUT2D eigenvalue weighted by Gasteiger charge is -2.20. The minimum atomic E-state index is 0.241. The molecule has 0 spiro atoms. The van der Waals surface area contributed by atoms with Gasteiger partial charge in [0.2, 0.25) is 0 Å². The van der Waals surface area contributed by atoms with Gasteiger partial charge in [0.05, 0.1) is 12.8 Å². The Hall–Kier alpha value is -1.96. The van der Waals surface area contributed by atoms with Crippen LogP contribution in [0, 0.1) is 20.8 Å². The first-order valence-corrected chi connectivity index (χ1v) is 6.99. The van der Waals surface area contributed by atoms with E-state index in [9.17, 15) is 0 Å². The number of methoxy groups -OCH3 is 1. The molecule has 2 aromatic carbocycles. The van der Waals surface area contributed by atoms with Gasteiger partial charge in [-0.3, -0.25) is 0 Å². The van der Waals surface area contributed by atoms with Crippen LogP contribution in [0.2, 0.25) is 0 Å². The topological polar surface area (TPSA) is 21.3 Å². The third kappa shape index (κ3) is 3.13. The van der Waals surface area contributed by atoms with Crippen LogP contribution in [0.1, 0.15) is 35.2 Å². The zero-order valence-corrected chi connectivity index (χ0v) is 12.9. The molecule has 1 atom stereocenters. The molecule has 1 unspecified atom stereocenters. The van der Waals surface area contributed by atoms with Gasteiger partial charge in [-0.2, -0.15) is 0 Å². The highest BCUT2D eigenvalue weighted by molar-refractivity contribution is 5.59. The molecule has 106 valence electrons. The minimum absolute atomic E-state index is 0.241. The van der Waals surface area contributed by atoms with Crippen LogP contribution in [0.4, 0.5) is 5.69 Å². The van der Waals surface area contributed by atoms with Crippen molar-refractivity contribution in [2.75, 3.05) is 12.4 Å². The van der Waals surface area contributed by atoms with E-state index < -0.39 is 0 Å². The van der Waals surface area contributed by atoms with Crippen LogP contribution in [0.15, 0.2) is 36.4 Å². The number of hydrogen-bond donors (Lipinski definition) is 1. The summed E-state index contributed by atoms with van der Waals surface area (Å²) in [7, 11) is 1.71. The van der Waals surface area contributed by atoms with Gasteiger partial charge in [-0.15, -0.1) is 0 Å². The number of benzene rings is 2. The second-order valence-corrected chi connectivity index (χ2v) is 5.43. The fraction of sp³-hybridized carbons (Fsp3) is 0.333. The second kappa shape index (κ2) is 6.00. The van der Waals surface area contributed by atoms with Gasteiger partial charge in [-0.1, -0.05) is 29.8 Å². The number of ether oxygens (including phenoxy) is 1. The van der Waals surface area contributed by atoms with Gasteiger partial charge in [0.15, 0.2) is 0 Å². The molecule has 2 aromatic rings. The van der Waals surface area contributed by atoms with Gasteiger partial charge in [-0.05, 0) is 56.5 Å². The predicted molar refractivity (Wildman–Crippen MR) is 85.7 cm³/mol. The van der Waals surface area contributed by atoms with Crippen LogP contribution in [0.25, 0.3) is 0 Å². The highest BCUT2D eigenvalue weighted by atomic mass is 16.5. The van der Waals surface area contributed by atoms with Crippen molar-refractivity contribution in [1.82, 2.24) is 0 Å². The molecule has 2 nitrogen and oxygen atoms in total. The van der Waals surface area contributed by atoms with Crippen LogP contribution >= 0.6 is 0 Å². The standard InChI is InChI=1S/C18H23NO/c1-12-6-8-14(3)16(10-12)15(4)19-17-11-13(2)7-9-18(17)20-5/h6-11,15,19H,1-5H3. The van der Waals surface area contributed by atoms with Gasteiger partial charge in [0.25, 0.3) is 0 Å². The Morgan fingerprint density at radius 1 is 0.950 bits per heavy atom. The van der Waals surface area contributed by atoms with E-state index in [4.69, 9.17) is 4.74 Å². The Kier molecular flexibility index (Phi) is 4.33. The molecule has 0 aliphatic heterocycles. The zero-order valence-electron chi connectivity index (χ0n) is 12.9. The summed E-state index contributed by atoms with van der Waals surface area (Å²) in [5.41, 5.74) is 6.19. The largest absolute Gasteiger partial charge is 0.495 e. The van der Waals surface area contributed by atoms with Crippen molar-refractivity contribution in [2.45, 2.75) is 33.7 Å². The molecule has 0 aliphatic rings. The van der Waals surface area contributed by atoms with E-state index in [1.807, 2.05) is 6.07 Å². The van der Waals surface area contributed by atoms with Crippen LogP contribution in [-0.4, -0.2) is 7.11 Å². The van der Waals surface area contributed by atoms with Crippen LogP contribution in [0.3, 0.4) is 0 Å². The minimum Gasteiger partial charge on any atom is -0.495 e. The number of anilines is 1. The molecule has 0 amide bonds. The van der Waals surface area contributed by atoms with E-state index in [0.717, 1.165) is 11.4 Å². The van der Waals surface area contributed by atoms with Crippen LogP contribution < -0.4 is 10.1 Å². The SMILES string of the molecule is COc1ccc(C)cc1NC(C)c1cc(C)ccc1C. The molecule has 0 saturated heterocycles. The van der Waals surface area contributed by atoms with Gasteiger partial charge in [-0.25, -0.2) is 0 Å². The first kappa shape index (κ1) is 14.4. The summed E-state index contributed by atoms with van der Waals surface area (Å²) in [6.45, 7) is 8.56. The molecule has 0 heterocycles. The average Bonchev–Trinajstić information content (AvgIpc) is 2.41. The molecule has 20 heavy (non-hydrogen) atoms. The fourth-order valence-electron chi connectivity index (χ4n) is 2.47. The first-order chi connectivity index (χ1) is 9.51. The van der Waals surface area contributed by atoms with Crippen LogP contribution in [0.5, 0.6) is 5.75 Å². The number of hydrogen-bond acceptors (Lipinski definition) is 2. The molecule has 0 radical (unpaired) electrons. The van der Waals surface area contributed by atoms with Crippen molar-refractivity contribution in [3.05, 3.63) is 58.7 Å². The molecule has 0 aromatic heterocycles. The number of nitrogens with one attached hydrogen (secondary N) is 1. The summed E-state index contributed by atoms with van der Waals surface area (Å²) in [6.07, 6.45) is 0. The molecule has 1 N–H and O–H groups in total. The van der Waals surface area contributed by atoms with Crippen LogP contribution in [-0.2, 0) is 0 Å². The summed E-state index contributed by atoms with van der Waals surface area (Å²) in [5, 5.41) is 3.56. The van der Waals surface area contributed by atoms with Gasteiger partial charge in [0.1, 0.15) is 5.75 Å². The van der Waals surface area contributed by atoms with E-state index in [-0.39, 0.29) is 6.04 Å². The Balaban J connectivity index is 2.29.